The summed E-state index contributed by atoms with van der Waals surface area (Å²) in [7, 11) is 0. The van der Waals surface area contributed by atoms with Crippen LogP contribution in [-0.2, 0) is 9.59 Å². The van der Waals surface area contributed by atoms with E-state index in [1.54, 1.807) is 6.08 Å². The van der Waals surface area contributed by atoms with Gasteiger partial charge < -0.3 is 9.90 Å². The zero-order valence-electron chi connectivity index (χ0n) is 13.4. The van der Waals surface area contributed by atoms with Crippen molar-refractivity contribution in [3.05, 3.63) is 11.6 Å². The van der Waals surface area contributed by atoms with Crippen LogP contribution in [0.2, 0.25) is 0 Å². The quantitative estimate of drug-likeness (QED) is 0.757. The minimum Gasteiger partial charge on any atom is -0.393 e. The van der Waals surface area contributed by atoms with Crippen LogP contribution < -0.4 is 0 Å². The van der Waals surface area contributed by atoms with E-state index in [1.165, 1.54) is 6.29 Å². The van der Waals surface area contributed by atoms with Crippen LogP contribution in [0.4, 0.5) is 0 Å². The lowest BCUT2D eigenvalue weighted by molar-refractivity contribution is -0.130. The van der Waals surface area contributed by atoms with E-state index < -0.39 is 0 Å². The SMILES string of the molecule is C[C@]12CC[C@H]3[C@@H](CCC4=CC(=O)CC[C@@]43C=O)[C@@H]1CC[C@@H]2O. The monoisotopic (exact) mass is 302 g/mol. The van der Waals surface area contributed by atoms with Gasteiger partial charge in [-0.3, -0.25) is 4.79 Å². The number of fused-ring (bicyclic) bond motifs is 5. The van der Waals surface area contributed by atoms with Crippen LogP contribution in [0.1, 0.15) is 58.3 Å². The molecular formula is C19H26O3. The van der Waals surface area contributed by atoms with Crippen molar-refractivity contribution >= 4 is 12.1 Å². The Bertz CT molecular complexity index is 551. The van der Waals surface area contributed by atoms with Gasteiger partial charge in [0.15, 0.2) is 5.78 Å². The molecule has 0 aromatic rings. The number of rotatable bonds is 1. The summed E-state index contributed by atoms with van der Waals surface area (Å²) in [5.41, 5.74) is 0.796. The largest absolute Gasteiger partial charge is 0.393 e. The minimum absolute atomic E-state index is 0.0525. The molecule has 4 rings (SSSR count). The van der Waals surface area contributed by atoms with Crippen LogP contribution in [0.5, 0.6) is 0 Å². The average Bonchev–Trinajstić information content (AvgIpc) is 2.82. The Morgan fingerprint density at radius 1 is 1.14 bits per heavy atom. The van der Waals surface area contributed by atoms with Crippen LogP contribution >= 0.6 is 0 Å². The van der Waals surface area contributed by atoms with Crippen molar-refractivity contribution in [1.29, 1.82) is 0 Å². The molecule has 3 fully saturated rings. The normalized spacial score (nSPS) is 50.6. The molecular weight excluding hydrogens is 276 g/mol. The summed E-state index contributed by atoms with van der Waals surface area (Å²) in [6.45, 7) is 2.26. The molecule has 0 bridgehead atoms. The van der Waals surface area contributed by atoms with Gasteiger partial charge in [0, 0.05) is 6.42 Å². The first-order valence-corrected chi connectivity index (χ1v) is 8.89. The molecule has 1 N–H and O–H groups in total. The zero-order valence-corrected chi connectivity index (χ0v) is 13.4. The molecule has 0 aliphatic heterocycles. The Hall–Kier alpha value is -0.960. The van der Waals surface area contributed by atoms with Gasteiger partial charge in [-0.05, 0) is 74.2 Å². The van der Waals surface area contributed by atoms with Gasteiger partial charge >= 0.3 is 0 Å². The second-order valence-corrected chi connectivity index (χ2v) is 8.35. The Morgan fingerprint density at radius 2 is 1.95 bits per heavy atom. The minimum atomic E-state index is -0.369. The van der Waals surface area contributed by atoms with E-state index in [0.29, 0.717) is 30.6 Å². The first-order valence-electron chi connectivity index (χ1n) is 8.89. The highest BCUT2D eigenvalue weighted by Crippen LogP contribution is 2.64. The van der Waals surface area contributed by atoms with E-state index in [-0.39, 0.29) is 22.7 Å². The summed E-state index contributed by atoms with van der Waals surface area (Å²) in [5.74, 6) is 1.69. The van der Waals surface area contributed by atoms with Crippen molar-refractivity contribution in [2.75, 3.05) is 0 Å². The summed E-state index contributed by atoms with van der Waals surface area (Å²) in [6, 6.07) is 0. The second-order valence-electron chi connectivity index (χ2n) is 8.35. The summed E-state index contributed by atoms with van der Waals surface area (Å²) < 4.78 is 0. The summed E-state index contributed by atoms with van der Waals surface area (Å²) in [6.07, 6.45) is 10.1. The molecule has 0 aromatic carbocycles. The number of carbonyl (C=O) groups is 2. The molecule has 0 aromatic heterocycles. The Balaban J connectivity index is 1.73. The van der Waals surface area contributed by atoms with Crippen LogP contribution in [0.15, 0.2) is 11.6 Å². The molecule has 0 radical (unpaired) electrons. The molecule has 4 aliphatic carbocycles. The van der Waals surface area contributed by atoms with Gasteiger partial charge in [-0.2, -0.15) is 0 Å². The van der Waals surface area contributed by atoms with E-state index in [9.17, 15) is 14.7 Å². The number of hydrogen-bond donors (Lipinski definition) is 1. The molecule has 0 spiro atoms. The van der Waals surface area contributed by atoms with E-state index in [2.05, 4.69) is 6.92 Å². The number of aliphatic hydroxyl groups excluding tert-OH is 1. The molecule has 120 valence electrons. The van der Waals surface area contributed by atoms with Gasteiger partial charge in [0.2, 0.25) is 0 Å². The predicted octanol–water partition coefficient (Wildman–Crippen LogP) is 3.06. The predicted molar refractivity (Wildman–Crippen MR) is 83.1 cm³/mol. The second kappa shape index (κ2) is 4.77. The number of ketones is 1. The molecule has 3 heteroatoms. The Kier molecular flexibility index (Phi) is 3.17. The van der Waals surface area contributed by atoms with Gasteiger partial charge in [-0.25, -0.2) is 0 Å². The zero-order chi connectivity index (χ0) is 15.5. The van der Waals surface area contributed by atoms with E-state index in [0.717, 1.165) is 44.1 Å². The highest BCUT2D eigenvalue weighted by Gasteiger charge is 2.60. The average molecular weight is 302 g/mol. The number of carbonyl (C=O) groups excluding carboxylic acids is 2. The maximum absolute atomic E-state index is 12.1. The Morgan fingerprint density at radius 3 is 2.73 bits per heavy atom. The lowest BCUT2D eigenvalue weighted by atomic mass is 9.47. The van der Waals surface area contributed by atoms with E-state index >= 15 is 0 Å². The van der Waals surface area contributed by atoms with Crippen LogP contribution in [0, 0.1) is 28.6 Å². The third-order valence-electron chi connectivity index (χ3n) is 7.72. The van der Waals surface area contributed by atoms with Gasteiger partial charge in [0.1, 0.15) is 6.29 Å². The summed E-state index contributed by atoms with van der Waals surface area (Å²) in [4.78, 5) is 23.9. The third-order valence-corrected chi connectivity index (χ3v) is 7.72. The first kappa shape index (κ1) is 14.6. The van der Waals surface area contributed by atoms with Crippen molar-refractivity contribution in [3.8, 4) is 0 Å². The van der Waals surface area contributed by atoms with Crippen LogP contribution in [0.3, 0.4) is 0 Å². The smallest absolute Gasteiger partial charge is 0.155 e. The number of aldehydes is 1. The molecule has 0 amide bonds. The summed E-state index contributed by atoms with van der Waals surface area (Å²) in [5, 5.41) is 10.4. The molecule has 0 saturated heterocycles. The molecule has 6 atom stereocenters. The van der Waals surface area contributed by atoms with Gasteiger partial charge in [0.25, 0.3) is 0 Å². The van der Waals surface area contributed by atoms with Crippen molar-refractivity contribution in [2.45, 2.75) is 64.4 Å². The van der Waals surface area contributed by atoms with Crippen molar-refractivity contribution in [1.82, 2.24) is 0 Å². The van der Waals surface area contributed by atoms with Crippen molar-refractivity contribution < 1.29 is 14.7 Å². The maximum atomic E-state index is 12.1. The Labute approximate surface area is 132 Å². The van der Waals surface area contributed by atoms with Crippen LogP contribution in [-0.4, -0.2) is 23.3 Å². The van der Waals surface area contributed by atoms with Crippen molar-refractivity contribution in [2.24, 2.45) is 28.6 Å². The number of allylic oxidation sites excluding steroid dienone is 1. The van der Waals surface area contributed by atoms with E-state index in [4.69, 9.17) is 0 Å². The topological polar surface area (TPSA) is 54.4 Å². The summed E-state index contributed by atoms with van der Waals surface area (Å²) >= 11 is 0. The number of hydrogen-bond acceptors (Lipinski definition) is 3. The number of aliphatic hydroxyl groups is 1. The highest BCUT2D eigenvalue weighted by molar-refractivity contribution is 5.93. The van der Waals surface area contributed by atoms with Gasteiger partial charge in [0.05, 0.1) is 11.5 Å². The molecule has 0 unspecified atom stereocenters. The van der Waals surface area contributed by atoms with Crippen LogP contribution in [0.25, 0.3) is 0 Å². The molecule has 4 aliphatic rings. The third kappa shape index (κ3) is 1.72. The molecule has 3 saturated carbocycles. The molecule has 0 heterocycles. The van der Waals surface area contributed by atoms with Gasteiger partial charge in [-0.1, -0.05) is 12.5 Å². The maximum Gasteiger partial charge on any atom is 0.155 e. The first-order chi connectivity index (χ1) is 10.5. The fourth-order valence-corrected chi connectivity index (χ4v) is 6.47. The molecule has 3 nitrogen and oxygen atoms in total. The van der Waals surface area contributed by atoms with E-state index in [1.807, 2.05) is 0 Å². The lowest BCUT2D eigenvalue weighted by Gasteiger charge is -2.56. The standard InChI is InChI=1S/C19H26O3/c1-18-8-7-16-14(15(18)4-5-17(18)22)3-2-12-10-13(21)6-9-19(12,16)11-20/h10-11,14-17,22H,2-9H2,1H3/t14-,15-,16-,17-,18-,19+/m0/s1. The van der Waals surface area contributed by atoms with Gasteiger partial charge in [-0.15, -0.1) is 0 Å². The fourth-order valence-electron chi connectivity index (χ4n) is 6.47. The fraction of sp³-hybridized carbons (Fsp3) is 0.789. The highest BCUT2D eigenvalue weighted by atomic mass is 16.3. The molecule has 22 heavy (non-hydrogen) atoms. The lowest BCUT2D eigenvalue weighted by Crippen LogP contribution is -2.52. The van der Waals surface area contributed by atoms with Crippen molar-refractivity contribution in [3.63, 3.8) is 0 Å².